The molecule has 0 aliphatic rings. The molecule has 1 aromatic heterocycles. The molecule has 100 valence electrons. The van der Waals surface area contributed by atoms with Gasteiger partial charge in [-0.25, -0.2) is 0 Å². The lowest BCUT2D eigenvalue weighted by Crippen LogP contribution is -2.44. The Kier molecular flexibility index (Phi) is 4.07. The third-order valence-electron chi connectivity index (χ3n) is 2.74. The molecule has 0 radical (unpaired) electrons. The van der Waals surface area contributed by atoms with Gasteiger partial charge in [-0.3, -0.25) is 14.3 Å². The highest BCUT2D eigenvalue weighted by atomic mass is 16.2. The van der Waals surface area contributed by atoms with Crippen molar-refractivity contribution in [3.05, 3.63) is 18.0 Å². The molecule has 1 atom stereocenters. The Morgan fingerprint density at radius 1 is 1.56 bits per heavy atom. The molecule has 0 aromatic carbocycles. The first-order chi connectivity index (χ1) is 8.24. The van der Waals surface area contributed by atoms with Crippen LogP contribution in [0.1, 0.15) is 25.5 Å². The lowest BCUT2D eigenvalue weighted by molar-refractivity contribution is -0.127. The van der Waals surface area contributed by atoms with Gasteiger partial charge in [0, 0.05) is 25.4 Å². The molecule has 0 saturated heterocycles. The predicted molar refractivity (Wildman–Crippen MR) is 66.1 cm³/mol. The highest BCUT2D eigenvalue weighted by molar-refractivity contribution is 5.84. The number of hydrogen-bond acceptors (Lipinski definition) is 4. The second-order valence-corrected chi connectivity index (χ2v) is 4.89. The molecule has 0 bridgehead atoms. The van der Waals surface area contributed by atoms with Crippen LogP contribution in [0.25, 0.3) is 0 Å². The molecule has 0 saturated carbocycles. The second kappa shape index (κ2) is 5.18. The smallest absolute Gasteiger partial charge is 0.241 e. The SMILES string of the molecule is Cn1cc(C(N)C(=O)NCC(C)(C)C(N)=O)cn1. The van der Waals surface area contributed by atoms with E-state index in [1.165, 1.54) is 6.20 Å². The van der Waals surface area contributed by atoms with Crippen molar-refractivity contribution in [2.45, 2.75) is 19.9 Å². The predicted octanol–water partition coefficient (Wildman–Crippen LogP) is -0.952. The Hall–Kier alpha value is -1.89. The van der Waals surface area contributed by atoms with Crippen molar-refractivity contribution in [1.82, 2.24) is 15.1 Å². The molecule has 1 rings (SSSR count). The van der Waals surface area contributed by atoms with Crippen LogP contribution in [-0.4, -0.2) is 28.1 Å². The quantitative estimate of drug-likeness (QED) is 0.627. The molecule has 0 aliphatic carbocycles. The molecule has 2 amide bonds. The van der Waals surface area contributed by atoms with Crippen molar-refractivity contribution < 1.29 is 9.59 Å². The summed E-state index contributed by atoms with van der Waals surface area (Å²) in [6.07, 6.45) is 3.20. The van der Waals surface area contributed by atoms with Crippen molar-refractivity contribution in [3.63, 3.8) is 0 Å². The molecular formula is C11H19N5O2. The van der Waals surface area contributed by atoms with Crippen LogP contribution in [0.4, 0.5) is 0 Å². The molecule has 7 nitrogen and oxygen atoms in total. The maximum Gasteiger partial charge on any atom is 0.241 e. The minimum atomic E-state index is -0.803. The number of carbonyl (C=O) groups excluding carboxylic acids is 2. The van der Waals surface area contributed by atoms with Crippen LogP contribution in [0.15, 0.2) is 12.4 Å². The van der Waals surface area contributed by atoms with Crippen molar-refractivity contribution in [1.29, 1.82) is 0 Å². The number of aryl methyl sites for hydroxylation is 1. The number of carbonyl (C=O) groups is 2. The summed E-state index contributed by atoms with van der Waals surface area (Å²) in [7, 11) is 1.74. The molecule has 0 spiro atoms. The van der Waals surface area contributed by atoms with E-state index in [0.717, 1.165) is 0 Å². The molecule has 1 heterocycles. The summed E-state index contributed by atoms with van der Waals surface area (Å²) in [6, 6.07) is -0.803. The maximum atomic E-state index is 11.8. The van der Waals surface area contributed by atoms with Gasteiger partial charge in [0.15, 0.2) is 0 Å². The molecule has 0 aliphatic heterocycles. The van der Waals surface area contributed by atoms with E-state index < -0.39 is 17.4 Å². The number of hydrogen-bond donors (Lipinski definition) is 3. The first-order valence-corrected chi connectivity index (χ1v) is 5.56. The zero-order valence-electron chi connectivity index (χ0n) is 10.8. The molecule has 18 heavy (non-hydrogen) atoms. The molecular weight excluding hydrogens is 234 g/mol. The summed E-state index contributed by atoms with van der Waals surface area (Å²) in [5.41, 5.74) is 10.8. The van der Waals surface area contributed by atoms with E-state index in [4.69, 9.17) is 11.5 Å². The van der Waals surface area contributed by atoms with Gasteiger partial charge in [0.25, 0.3) is 0 Å². The van der Waals surface area contributed by atoms with Gasteiger partial charge in [0.2, 0.25) is 11.8 Å². The molecule has 1 aromatic rings. The average Bonchev–Trinajstić information content (AvgIpc) is 2.71. The largest absolute Gasteiger partial charge is 0.369 e. The second-order valence-electron chi connectivity index (χ2n) is 4.89. The lowest BCUT2D eigenvalue weighted by Gasteiger charge is -2.21. The fourth-order valence-electron chi connectivity index (χ4n) is 1.26. The summed E-state index contributed by atoms with van der Waals surface area (Å²) in [5.74, 6) is -0.838. The molecule has 0 fully saturated rings. The van der Waals surface area contributed by atoms with Gasteiger partial charge >= 0.3 is 0 Å². The molecule has 1 unspecified atom stereocenters. The van der Waals surface area contributed by atoms with Gasteiger partial charge in [-0.15, -0.1) is 0 Å². The highest BCUT2D eigenvalue weighted by Crippen LogP contribution is 2.13. The Morgan fingerprint density at radius 3 is 2.61 bits per heavy atom. The van der Waals surface area contributed by atoms with Crippen LogP contribution in [-0.2, 0) is 16.6 Å². The van der Waals surface area contributed by atoms with Crippen molar-refractivity contribution >= 4 is 11.8 Å². The Bertz CT molecular complexity index is 452. The van der Waals surface area contributed by atoms with Crippen LogP contribution < -0.4 is 16.8 Å². The number of aromatic nitrogens is 2. The first kappa shape index (κ1) is 14.2. The number of nitrogens with zero attached hydrogens (tertiary/aromatic N) is 2. The Morgan fingerprint density at radius 2 is 2.17 bits per heavy atom. The van der Waals surface area contributed by atoms with E-state index in [1.54, 1.807) is 31.8 Å². The fourth-order valence-corrected chi connectivity index (χ4v) is 1.26. The zero-order valence-corrected chi connectivity index (χ0v) is 10.8. The third-order valence-corrected chi connectivity index (χ3v) is 2.74. The summed E-state index contributed by atoms with van der Waals surface area (Å²) < 4.78 is 1.57. The number of rotatable bonds is 5. The van der Waals surface area contributed by atoms with Crippen LogP contribution in [0, 0.1) is 5.41 Å². The number of primary amides is 1. The van der Waals surface area contributed by atoms with Crippen molar-refractivity contribution in [3.8, 4) is 0 Å². The minimum absolute atomic E-state index is 0.148. The zero-order chi connectivity index (χ0) is 13.9. The highest BCUT2D eigenvalue weighted by Gasteiger charge is 2.27. The van der Waals surface area contributed by atoms with Gasteiger partial charge in [0.1, 0.15) is 6.04 Å². The lowest BCUT2D eigenvalue weighted by atomic mass is 9.92. The fraction of sp³-hybridized carbons (Fsp3) is 0.545. The van der Waals surface area contributed by atoms with Crippen molar-refractivity contribution in [2.75, 3.05) is 6.54 Å². The third kappa shape index (κ3) is 3.30. The van der Waals surface area contributed by atoms with Gasteiger partial charge in [-0.2, -0.15) is 5.10 Å². The van der Waals surface area contributed by atoms with E-state index in [1.807, 2.05) is 0 Å². The summed E-state index contributed by atoms with van der Waals surface area (Å²) >= 11 is 0. The van der Waals surface area contributed by atoms with E-state index in [0.29, 0.717) is 5.56 Å². The topological polar surface area (TPSA) is 116 Å². The van der Waals surface area contributed by atoms with Crippen LogP contribution >= 0.6 is 0 Å². The van der Waals surface area contributed by atoms with Gasteiger partial charge < -0.3 is 16.8 Å². The summed E-state index contributed by atoms with van der Waals surface area (Å²) in [6.45, 7) is 3.46. The van der Waals surface area contributed by atoms with Crippen LogP contribution in [0.2, 0.25) is 0 Å². The monoisotopic (exact) mass is 253 g/mol. The van der Waals surface area contributed by atoms with E-state index >= 15 is 0 Å². The minimum Gasteiger partial charge on any atom is -0.369 e. The maximum absolute atomic E-state index is 11.8. The summed E-state index contributed by atoms with van der Waals surface area (Å²) in [5, 5.41) is 6.55. The number of nitrogens with one attached hydrogen (secondary N) is 1. The van der Waals surface area contributed by atoms with Gasteiger partial charge in [-0.05, 0) is 13.8 Å². The number of nitrogens with two attached hydrogens (primary N) is 2. The van der Waals surface area contributed by atoms with E-state index in [2.05, 4.69) is 10.4 Å². The van der Waals surface area contributed by atoms with E-state index in [-0.39, 0.29) is 12.5 Å². The Balaban J connectivity index is 2.59. The van der Waals surface area contributed by atoms with Gasteiger partial charge in [-0.1, -0.05) is 0 Å². The first-order valence-electron chi connectivity index (χ1n) is 5.56. The standard InChI is InChI=1S/C11H19N5O2/c1-11(2,10(13)18)6-14-9(17)8(12)7-4-15-16(3)5-7/h4-5,8H,6,12H2,1-3H3,(H2,13,18)(H,14,17). The van der Waals surface area contributed by atoms with Crippen LogP contribution in [0.5, 0.6) is 0 Å². The molecule has 7 heteroatoms. The average molecular weight is 253 g/mol. The number of amides is 2. The normalized spacial score (nSPS) is 13.1. The van der Waals surface area contributed by atoms with Crippen LogP contribution in [0.3, 0.4) is 0 Å². The van der Waals surface area contributed by atoms with E-state index in [9.17, 15) is 9.59 Å². The summed E-state index contributed by atoms with van der Waals surface area (Å²) in [4.78, 5) is 22.9. The Labute approximate surface area is 106 Å². The van der Waals surface area contributed by atoms with Gasteiger partial charge in [0.05, 0.1) is 11.6 Å². The molecule has 5 N–H and O–H groups in total. The van der Waals surface area contributed by atoms with Crippen molar-refractivity contribution in [2.24, 2.45) is 23.9 Å².